The van der Waals surface area contributed by atoms with E-state index in [2.05, 4.69) is 37.5 Å². The first-order valence-electron chi connectivity index (χ1n) is 18.2. The molecule has 1 aromatic rings. The molecule has 4 aliphatic heterocycles. The molecule has 1 saturated carbocycles. The Morgan fingerprint density at radius 3 is 2.23 bits per heavy atom. The fourth-order valence-corrected chi connectivity index (χ4v) is 8.78. The van der Waals surface area contributed by atoms with Gasteiger partial charge in [0, 0.05) is 76.0 Å². The lowest BCUT2D eigenvalue weighted by Crippen LogP contribution is -2.54. The Labute approximate surface area is 284 Å². The Bertz CT molecular complexity index is 1330. The smallest absolute Gasteiger partial charge is 0.252 e. The highest BCUT2D eigenvalue weighted by atomic mass is 19.1. The lowest BCUT2D eigenvalue weighted by Gasteiger charge is -2.41. The summed E-state index contributed by atoms with van der Waals surface area (Å²) in [5.74, 6) is -2.10. The summed E-state index contributed by atoms with van der Waals surface area (Å²) in [6, 6.07) is 2.63. The number of piperazine rings is 1. The number of ether oxygens (including phenoxy) is 1. The van der Waals surface area contributed by atoms with Gasteiger partial charge in [-0.1, -0.05) is 13.0 Å². The van der Waals surface area contributed by atoms with E-state index in [0.29, 0.717) is 57.1 Å². The summed E-state index contributed by atoms with van der Waals surface area (Å²) < 4.78 is 35.3. The summed E-state index contributed by atoms with van der Waals surface area (Å²) in [6.07, 6.45) is 5.30. The number of hydrogen-bond donors (Lipinski definition) is 0. The van der Waals surface area contributed by atoms with Crippen LogP contribution in [0.1, 0.15) is 84.1 Å². The highest BCUT2D eigenvalue weighted by Gasteiger charge is 2.52. The Morgan fingerprint density at radius 2 is 1.60 bits per heavy atom. The minimum atomic E-state index is -0.712. The maximum Gasteiger partial charge on any atom is 0.252 e. The van der Waals surface area contributed by atoms with Gasteiger partial charge in [0.05, 0.1) is 12.0 Å². The second-order valence-corrected chi connectivity index (χ2v) is 16.1. The molecule has 11 heteroatoms. The van der Waals surface area contributed by atoms with E-state index < -0.39 is 35.6 Å². The molecule has 5 atom stereocenters. The van der Waals surface area contributed by atoms with E-state index >= 15 is 4.39 Å². The van der Waals surface area contributed by atoms with E-state index in [0.717, 1.165) is 51.3 Å². The molecule has 9 nitrogen and oxygen atoms in total. The first kappa shape index (κ1) is 35.2. The highest BCUT2D eigenvalue weighted by Crippen LogP contribution is 2.41. The standard InChI is InChI=1S/C37H55F2N5O4/c1-24-8-11-26(12-9-24)44(36(47)33-7-6-18-48-33)27-20-32(35(46)41-16-14-40(5)15-17-41)43(21-27)34(45)30-23-42(37(2,3)4)22-29(30)28-13-10-25(38)19-31(28)39/h10,13,19,24,26-27,29-30,32-33H,6-9,11-12,14-18,20-23H2,1-5H3/t24-,26+,27-,29-,30+,32-,33-/m0/s1. The van der Waals surface area contributed by atoms with Crippen molar-refractivity contribution in [3.8, 4) is 0 Å². The third-order valence-corrected chi connectivity index (χ3v) is 11.8. The summed E-state index contributed by atoms with van der Waals surface area (Å²) in [5.41, 5.74) is 0.0420. The van der Waals surface area contributed by atoms with E-state index in [4.69, 9.17) is 4.74 Å². The summed E-state index contributed by atoms with van der Waals surface area (Å²) in [4.78, 5) is 53.6. The highest BCUT2D eigenvalue weighted by molar-refractivity contribution is 5.91. The van der Waals surface area contributed by atoms with Crippen LogP contribution in [0.3, 0.4) is 0 Å². The predicted octanol–water partition coefficient (Wildman–Crippen LogP) is 4.11. The van der Waals surface area contributed by atoms with Crippen LogP contribution in [0.25, 0.3) is 0 Å². The molecule has 6 rings (SSSR count). The molecule has 0 spiro atoms. The quantitative estimate of drug-likeness (QED) is 0.454. The number of halogens is 2. The van der Waals surface area contributed by atoms with Gasteiger partial charge in [0.1, 0.15) is 23.8 Å². The van der Waals surface area contributed by atoms with E-state index in [1.165, 1.54) is 12.1 Å². The molecular weight excluding hydrogens is 616 g/mol. The van der Waals surface area contributed by atoms with Crippen LogP contribution in [0, 0.1) is 23.5 Å². The number of likely N-dealkylation sites (N-methyl/N-ethyl adjacent to an activating group) is 1. The number of hydrogen-bond acceptors (Lipinski definition) is 6. The number of nitrogens with zero attached hydrogens (tertiary/aromatic N) is 5. The predicted molar refractivity (Wildman–Crippen MR) is 179 cm³/mol. The minimum Gasteiger partial charge on any atom is -0.368 e. The largest absolute Gasteiger partial charge is 0.368 e. The SMILES string of the molecule is CN1CCN(C(=O)[C@@H]2C[C@H](N(C(=O)[C@@H]3CCCO3)[C@H]3CC[C@@H](C)CC3)CN2C(=O)[C@@H]2CN(C(C)(C)C)C[C@H]2c2ccc(F)cc2F)CC1. The molecular formula is C37H55F2N5O4. The number of amides is 3. The average molecular weight is 672 g/mol. The lowest BCUT2D eigenvalue weighted by molar-refractivity contribution is -0.148. The molecule has 4 heterocycles. The van der Waals surface area contributed by atoms with Crippen molar-refractivity contribution in [3.05, 3.63) is 35.4 Å². The van der Waals surface area contributed by atoms with Gasteiger partial charge in [0.15, 0.2) is 0 Å². The van der Waals surface area contributed by atoms with Gasteiger partial charge in [-0.25, -0.2) is 8.78 Å². The molecule has 1 aromatic carbocycles. The van der Waals surface area contributed by atoms with Gasteiger partial charge in [-0.3, -0.25) is 19.3 Å². The van der Waals surface area contributed by atoms with Crippen LogP contribution in [-0.4, -0.2) is 131 Å². The van der Waals surface area contributed by atoms with Gasteiger partial charge in [0.25, 0.3) is 5.91 Å². The van der Waals surface area contributed by atoms with Crippen LogP contribution < -0.4 is 0 Å². The zero-order chi connectivity index (χ0) is 34.3. The second kappa shape index (κ2) is 14.3. The van der Waals surface area contributed by atoms with Crippen LogP contribution in [0.4, 0.5) is 8.78 Å². The van der Waals surface area contributed by atoms with Crippen molar-refractivity contribution >= 4 is 17.7 Å². The van der Waals surface area contributed by atoms with Crippen molar-refractivity contribution in [2.75, 3.05) is 59.5 Å². The Hall–Kier alpha value is -2.63. The zero-order valence-electron chi connectivity index (χ0n) is 29.5. The summed E-state index contributed by atoms with van der Waals surface area (Å²) in [6.45, 7) is 12.8. The van der Waals surface area contributed by atoms with Crippen LogP contribution in [-0.2, 0) is 19.1 Å². The van der Waals surface area contributed by atoms with E-state index in [-0.39, 0.29) is 41.9 Å². The lowest BCUT2D eigenvalue weighted by atomic mass is 9.85. The summed E-state index contributed by atoms with van der Waals surface area (Å²) in [7, 11) is 2.04. The zero-order valence-corrected chi connectivity index (χ0v) is 29.5. The average Bonchev–Trinajstić information content (AvgIpc) is 3.82. The van der Waals surface area contributed by atoms with Gasteiger partial charge in [0.2, 0.25) is 11.8 Å². The van der Waals surface area contributed by atoms with Crippen LogP contribution in [0.2, 0.25) is 0 Å². The molecule has 266 valence electrons. The molecule has 0 unspecified atom stereocenters. The molecule has 0 aromatic heterocycles. The fourth-order valence-electron chi connectivity index (χ4n) is 8.78. The van der Waals surface area contributed by atoms with Gasteiger partial charge < -0.3 is 24.3 Å². The monoisotopic (exact) mass is 671 g/mol. The number of rotatable bonds is 6. The van der Waals surface area contributed by atoms with Crippen molar-refractivity contribution < 1.29 is 27.9 Å². The van der Waals surface area contributed by atoms with E-state index in [9.17, 15) is 18.8 Å². The molecule has 3 amide bonds. The van der Waals surface area contributed by atoms with Crippen LogP contribution in [0.15, 0.2) is 18.2 Å². The molecule has 48 heavy (non-hydrogen) atoms. The van der Waals surface area contributed by atoms with Crippen molar-refractivity contribution in [1.82, 2.24) is 24.5 Å². The normalized spacial score (nSPS) is 32.2. The Kier molecular flexibility index (Phi) is 10.5. The molecule has 1 aliphatic carbocycles. The van der Waals surface area contributed by atoms with Crippen LogP contribution in [0.5, 0.6) is 0 Å². The molecule has 0 N–H and O–H groups in total. The summed E-state index contributed by atoms with van der Waals surface area (Å²) in [5, 5.41) is 0. The minimum absolute atomic E-state index is 0.0109. The third-order valence-electron chi connectivity index (χ3n) is 11.8. The van der Waals surface area contributed by atoms with E-state index in [1.807, 2.05) is 16.8 Å². The Balaban J connectivity index is 1.34. The van der Waals surface area contributed by atoms with Crippen molar-refractivity contribution in [3.63, 3.8) is 0 Å². The number of carbonyl (C=O) groups is 3. The molecule has 4 saturated heterocycles. The van der Waals surface area contributed by atoms with Crippen molar-refractivity contribution in [2.45, 2.75) is 108 Å². The maximum absolute atomic E-state index is 15.4. The molecule has 5 fully saturated rings. The van der Waals surface area contributed by atoms with E-state index in [1.54, 1.807) is 4.90 Å². The first-order chi connectivity index (χ1) is 22.8. The number of likely N-dealkylation sites (tertiary alicyclic amines) is 2. The van der Waals surface area contributed by atoms with Gasteiger partial charge in [-0.2, -0.15) is 0 Å². The van der Waals surface area contributed by atoms with Crippen LogP contribution >= 0.6 is 0 Å². The Morgan fingerprint density at radius 1 is 0.896 bits per heavy atom. The number of carbonyl (C=O) groups excluding carboxylic acids is 3. The summed E-state index contributed by atoms with van der Waals surface area (Å²) >= 11 is 0. The molecule has 5 aliphatic rings. The third kappa shape index (κ3) is 7.29. The molecule has 0 radical (unpaired) electrons. The fraction of sp³-hybridized carbons (Fsp3) is 0.757. The van der Waals surface area contributed by atoms with Gasteiger partial charge >= 0.3 is 0 Å². The van der Waals surface area contributed by atoms with Gasteiger partial charge in [-0.05, 0) is 90.3 Å². The maximum atomic E-state index is 15.4. The molecule has 0 bridgehead atoms. The topological polar surface area (TPSA) is 76.6 Å². The van der Waals surface area contributed by atoms with Crippen molar-refractivity contribution in [2.24, 2.45) is 11.8 Å². The first-order valence-corrected chi connectivity index (χ1v) is 18.2. The second-order valence-electron chi connectivity index (χ2n) is 16.1. The number of benzene rings is 1. The van der Waals surface area contributed by atoms with Gasteiger partial charge in [-0.15, -0.1) is 0 Å². The van der Waals surface area contributed by atoms with Crippen molar-refractivity contribution in [1.29, 1.82) is 0 Å².